The highest BCUT2D eigenvalue weighted by Crippen LogP contribution is 2.25. The SMILES string of the molecule is CC(Cc1cccs1)N(C)[C@H]1CCC[C@@H]1O. The van der Waals surface area contributed by atoms with Crippen LogP contribution in [-0.4, -0.2) is 35.2 Å². The van der Waals surface area contributed by atoms with E-state index in [1.165, 1.54) is 11.3 Å². The van der Waals surface area contributed by atoms with Crippen molar-refractivity contribution in [2.75, 3.05) is 7.05 Å². The standard InChI is InChI=1S/C13H21NOS/c1-10(9-11-5-4-8-16-11)14(2)12-6-3-7-13(12)15/h4-5,8,10,12-13,15H,3,6-7,9H2,1-2H3/t10?,12-,13-/m0/s1. The summed E-state index contributed by atoms with van der Waals surface area (Å²) in [6.45, 7) is 2.25. The van der Waals surface area contributed by atoms with E-state index in [2.05, 4.69) is 36.4 Å². The zero-order valence-electron chi connectivity index (χ0n) is 10.1. The highest BCUT2D eigenvalue weighted by molar-refractivity contribution is 7.09. The second-order valence-electron chi connectivity index (χ2n) is 4.86. The molecule has 3 atom stereocenters. The van der Waals surface area contributed by atoms with Crippen LogP contribution in [0.3, 0.4) is 0 Å². The first-order valence-electron chi connectivity index (χ1n) is 6.11. The van der Waals surface area contributed by atoms with E-state index in [-0.39, 0.29) is 6.10 Å². The summed E-state index contributed by atoms with van der Waals surface area (Å²) in [7, 11) is 2.15. The van der Waals surface area contributed by atoms with E-state index in [1.807, 2.05) is 11.3 Å². The van der Waals surface area contributed by atoms with Crippen molar-refractivity contribution in [3.05, 3.63) is 22.4 Å². The number of nitrogens with zero attached hydrogens (tertiary/aromatic N) is 1. The fraction of sp³-hybridized carbons (Fsp3) is 0.692. The summed E-state index contributed by atoms with van der Waals surface area (Å²) >= 11 is 1.82. The summed E-state index contributed by atoms with van der Waals surface area (Å²) in [5, 5.41) is 12.0. The predicted octanol–water partition coefficient (Wildman–Crippen LogP) is 2.52. The number of likely N-dealkylation sites (N-methyl/N-ethyl adjacent to an activating group) is 1. The molecule has 0 aliphatic heterocycles. The highest BCUT2D eigenvalue weighted by Gasteiger charge is 2.30. The zero-order chi connectivity index (χ0) is 11.5. The molecule has 1 aliphatic carbocycles. The van der Waals surface area contributed by atoms with Crippen LogP contribution in [0.5, 0.6) is 0 Å². The largest absolute Gasteiger partial charge is 0.391 e. The molecule has 16 heavy (non-hydrogen) atoms. The Kier molecular flexibility index (Phi) is 4.00. The van der Waals surface area contributed by atoms with Crippen LogP contribution >= 0.6 is 11.3 Å². The third-order valence-corrected chi connectivity index (χ3v) is 4.64. The number of hydrogen-bond acceptors (Lipinski definition) is 3. The predicted molar refractivity (Wildman–Crippen MR) is 68.9 cm³/mol. The van der Waals surface area contributed by atoms with Gasteiger partial charge in [0, 0.05) is 17.0 Å². The Labute approximate surface area is 102 Å². The van der Waals surface area contributed by atoms with Crippen molar-refractivity contribution < 1.29 is 5.11 Å². The molecule has 1 unspecified atom stereocenters. The second kappa shape index (κ2) is 5.30. The third-order valence-electron chi connectivity index (χ3n) is 3.74. The minimum atomic E-state index is -0.115. The molecule has 2 nitrogen and oxygen atoms in total. The van der Waals surface area contributed by atoms with Crippen molar-refractivity contribution in [3.8, 4) is 0 Å². The first-order chi connectivity index (χ1) is 7.68. The Hall–Kier alpha value is -0.380. The van der Waals surface area contributed by atoms with Crippen molar-refractivity contribution in [2.45, 2.75) is 50.8 Å². The van der Waals surface area contributed by atoms with E-state index in [0.717, 1.165) is 19.3 Å². The van der Waals surface area contributed by atoms with Gasteiger partial charge in [-0.3, -0.25) is 4.90 Å². The number of rotatable bonds is 4. The average molecular weight is 239 g/mol. The monoisotopic (exact) mass is 239 g/mol. The second-order valence-corrected chi connectivity index (χ2v) is 5.90. The summed E-state index contributed by atoms with van der Waals surface area (Å²) in [4.78, 5) is 3.80. The minimum absolute atomic E-state index is 0.115. The molecule has 1 heterocycles. The maximum atomic E-state index is 9.90. The first kappa shape index (κ1) is 12.1. The normalized spacial score (nSPS) is 27.5. The van der Waals surface area contributed by atoms with E-state index in [4.69, 9.17) is 0 Å². The van der Waals surface area contributed by atoms with Gasteiger partial charge in [-0.1, -0.05) is 6.07 Å². The van der Waals surface area contributed by atoms with Gasteiger partial charge in [0.2, 0.25) is 0 Å². The van der Waals surface area contributed by atoms with Gasteiger partial charge >= 0.3 is 0 Å². The molecule has 0 radical (unpaired) electrons. The molecule has 0 aromatic carbocycles. The van der Waals surface area contributed by atoms with Crippen molar-refractivity contribution in [1.29, 1.82) is 0 Å². The van der Waals surface area contributed by atoms with Crippen LogP contribution in [0.4, 0.5) is 0 Å². The van der Waals surface area contributed by atoms with Gasteiger partial charge in [-0.05, 0) is 51.1 Å². The van der Waals surface area contributed by atoms with Gasteiger partial charge in [-0.25, -0.2) is 0 Å². The summed E-state index contributed by atoms with van der Waals surface area (Å²) in [5.41, 5.74) is 0. The van der Waals surface area contributed by atoms with E-state index in [0.29, 0.717) is 12.1 Å². The van der Waals surface area contributed by atoms with Crippen molar-refractivity contribution >= 4 is 11.3 Å². The number of aliphatic hydroxyl groups is 1. The number of thiophene rings is 1. The van der Waals surface area contributed by atoms with E-state index >= 15 is 0 Å². The van der Waals surface area contributed by atoms with Crippen LogP contribution in [0.2, 0.25) is 0 Å². The quantitative estimate of drug-likeness (QED) is 0.873. The molecule has 1 N–H and O–H groups in total. The van der Waals surface area contributed by atoms with Gasteiger partial charge < -0.3 is 5.11 Å². The molecule has 1 aromatic rings. The van der Waals surface area contributed by atoms with Gasteiger partial charge in [0.15, 0.2) is 0 Å². The zero-order valence-corrected chi connectivity index (χ0v) is 10.9. The Morgan fingerprint density at radius 2 is 2.38 bits per heavy atom. The van der Waals surface area contributed by atoms with Crippen LogP contribution in [0.1, 0.15) is 31.1 Å². The van der Waals surface area contributed by atoms with Gasteiger partial charge in [0.25, 0.3) is 0 Å². The Morgan fingerprint density at radius 1 is 1.56 bits per heavy atom. The summed E-state index contributed by atoms with van der Waals surface area (Å²) in [5.74, 6) is 0. The summed E-state index contributed by atoms with van der Waals surface area (Å²) < 4.78 is 0. The molecule has 90 valence electrons. The fourth-order valence-electron chi connectivity index (χ4n) is 2.59. The van der Waals surface area contributed by atoms with E-state index in [1.54, 1.807) is 0 Å². The molecule has 0 saturated heterocycles. The molecule has 3 heteroatoms. The van der Waals surface area contributed by atoms with Crippen LogP contribution in [0, 0.1) is 0 Å². The lowest BCUT2D eigenvalue weighted by Gasteiger charge is -2.32. The van der Waals surface area contributed by atoms with E-state index in [9.17, 15) is 5.11 Å². The van der Waals surface area contributed by atoms with Crippen LogP contribution in [-0.2, 0) is 6.42 Å². The van der Waals surface area contributed by atoms with Gasteiger partial charge in [-0.2, -0.15) is 0 Å². The maximum Gasteiger partial charge on any atom is 0.0695 e. The van der Waals surface area contributed by atoms with Gasteiger partial charge in [-0.15, -0.1) is 11.3 Å². The molecule has 1 aliphatic rings. The maximum absolute atomic E-state index is 9.90. The Balaban J connectivity index is 1.91. The highest BCUT2D eigenvalue weighted by atomic mass is 32.1. The Bertz CT molecular complexity index is 312. The average Bonchev–Trinajstić information content (AvgIpc) is 2.88. The van der Waals surface area contributed by atoms with Crippen molar-refractivity contribution in [1.82, 2.24) is 4.90 Å². The number of aliphatic hydroxyl groups excluding tert-OH is 1. The summed E-state index contributed by atoms with van der Waals surface area (Å²) in [6, 6.07) is 5.18. The molecule has 1 aromatic heterocycles. The molecule has 1 fully saturated rings. The van der Waals surface area contributed by atoms with Crippen molar-refractivity contribution in [2.24, 2.45) is 0 Å². The lowest BCUT2D eigenvalue weighted by atomic mass is 10.1. The third kappa shape index (κ3) is 2.65. The van der Waals surface area contributed by atoms with E-state index < -0.39 is 0 Å². The topological polar surface area (TPSA) is 23.5 Å². The van der Waals surface area contributed by atoms with Crippen LogP contribution in [0.25, 0.3) is 0 Å². The minimum Gasteiger partial charge on any atom is -0.391 e. The molecule has 0 amide bonds. The molecular formula is C13H21NOS. The molecule has 0 spiro atoms. The lowest BCUT2D eigenvalue weighted by Crippen LogP contribution is -2.43. The molecule has 0 bridgehead atoms. The molecular weight excluding hydrogens is 218 g/mol. The smallest absolute Gasteiger partial charge is 0.0695 e. The van der Waals surface area contributed by atoms with Crippen molar-refractivity contribution in [3.63, 3.8) is 0 Å². The lowest BCUT2D eigenvalue weighted by molar-refractivity contribution is 0.0659. The van der Waals surface area contributed by atoms with Crippen LogP contribution in [0.15, 0.2) is 17.5 Å². The number of hydrogen-bond donors (Lipinski definition) is 1. The molecule has 1 saturated carbocycles. The first-order valence-corrected chi connectivity index (χ1v) is 6.99. The Morgan fingerprint density at radius 3 is 2.94 bits per heavy atom. The molecule has 2 rings (SSSR count). The fourth-order valence-corrected chi connectivity index (χ4v) is 3.41. The summed E-state index contributed by atoms with van der Waals surface area (Å²) in [6.07, 6.45) is 4.27. The van der Waals surface area contributed by atoms with Crippen LogP contribution < -0.4 is 0 Å². The van der Waals surface area contributed by atoms with Gasteiger partial charge in [0.05, 0.1) is 6.10 Å². The van der Waals surface area contributed by atoms with Gasteiger partial charge in [0.1, 0.15) is 0 Å².